The van der Waals surface area contributed by atoms with Crippen molar-refractivity contribution in [2.24, 2.45) is 4.99 Å². The number of benzene rings is 6. The van der Waals surface area contributed by atoms with Crippen LogP contribution in [0.3, 0.4) is 0 Å². The number of para-hydroxylation sites is 1. The zero-order chi connectivity index (χ0) is 29.9. The van der Waals surface area contributed by atoms with Crippen LogP contribution in [0, 0.1) is 11.3 Å². The number of furan rings is 1. The van der Waals surface area contributed by atoms with E-state index in [4.69, 9.17) is 9.41 Å². The van der Waals surface area contributed by atoms with Crippen LogP contribution in [0.4, 0.5) is 0 Å². The molecule has 2 aliphatic rings. The fourth-order valence-corrected chi connectivity index (χ4v) is 6.70. The van der Waals surface area contributed by atoms with Crippen molar-refractivity contribution in [3.05, 3.63) is 157 Å². The first-order valence-electron chi connectivity index (χ1n) is 15.0. The van der Waals surface area contributed by atoms with Gasteiger partial charge in [-0.1, -0.05) is 103 Å². The number of amidine groups is 1. The van der Waals surface area contributed by atoms with Crippen LogP contribution in [0.5, 0.6) is 0 Å². The van der Waals surface area contributed by atoms with Crippen LogP contribution in [-0.2, 0) is 0 Å². The van der Waals surface area contributed by atoms with E-state index >= 15 is 0 Å². The normalized spacial score (nSPS) is 15.2. The van der Waals surface area contributed by atoms with Gasteiger partial charge in [-0.05, 0) is 80.6 Å². The van der Waals surface area contributed by atoms with E-state index in [-0.39, 0.29) is 6.17 Å². The molecular formula is C41H25N3O. The van der Waals surface area contributed by atoms with Crippen LogP contribution in [0.25, 0.3) is 66.1 Å². The molecular weight excluding hydrogens is 550 g/mol. The SMILES string of the molecule is N#Cc1ccc(-c2cccc3c2oc2ccc(-c4cccc5c(-c6ccc(C7N=C8C=CC=CN87)cc6)cccc45)cc23)cc1. The molecule has 210 valence electrons. The average molecular weight is 576 g/mol. The lowest BCUT2D eigenvalue weighted by atomic mass is 9.92. The lowest BCUT2D eigenvalue weighted by Gasteiger charge is -2.37. The molecule has 9 rings (SSSR count). The Bertz CT molecular complexity index is 2440. The zero-order valence-corrected chi connectivity index (χ0v) is 24.2. The first-order chi connectivity index (χ1) is 22.2. The van der Waals surface area contributed by atoms with Crippen molar-refractivity contribution in [2.45, 2.75) is 6.17 Å². The summed E-state index contributed by atoms with van der Waals surface area (Å²) >= 11 is 0. The number of allylic oxidation sites excluding steroid dienone is 2. The minimum absolute atomic E-state index is 0.0449. The third-order valence-electron chi connectivity index (χ3n) is 8.96. The first-order valence-corrected chi connectivity index (χ1v) is 15.0. The van der Waals surface area contributed by atoms with Crippen LogP contribution < -0.4 is 0 Å². The van der Waals surface area contributed by atoms with E-state index in [1.165, 1.54) is 33.0 Å². The fourth-order valence-electron chi connectivity index (χ4n) is 6.70. The van der Waals surface area contributed by atoms with E-state index in [0.717, 1.165) is 44.5 Å². The molecule has 0 aliphatic carbocycles. The van der Waals surface area contributed by atoms with Gasteiger partial charge in [0.25, 0.3) is 0 Å². The second kappa shape index (κ2) is 9.94. The summed E-state index contributed by atoms with van der Waals surface area (Å²) in [6, 6.07) is 44.5. The maximum atomic E-state index is 9.22. The van der Waals surface area contributed by atoms with Gasteiger partial charge < -0.3 is 9.32 Å². The maximum absolute atomic E-state index is 9.22. The Morgan fingerprint density at radius 2 is 1.27 bits per heavy atom. The molecule has 7 aromatic rings. The second-order valence-corrected chi connectivity index (χ2v) is 11.5. The van der Waals surface area contributed by atoms with Crippen molar-refractivity contribution >= 4 is 38.5 Å². The molecule has 3 heterocycles. The van der Waals surface area contributed by atoms with Crippen molar-refractivity contribution in [3.63, 3.8) is 0 Å². The molecule has 2 aliphatic heterocycles. The molecule has 4 nitrogen and oxygen atoms in total. The highest BCUT2D eigenvalue weighted by atomic mass is 16.3. The van der Waals surface area contributed by atoms with E-state index in [2.05, 4.69) is 120 Å². The maximum Gasteiger partial charge on any atom is 0.154 e. The molecule has 4 heteroatoms. The molecule has 45 heavy (non-hydrogen) atoms. The van der Waals surface area contributed by atoms with Gasteiger partial charge in [0.05, 0.1) is 11.6 Å². The quantitative estimate of drug-likeness (QED) is 0.210. The minimum Gasteiger partial charge on any atom is -0.455 e. The summed E-state index contributed by atoms with van der Waals surface area (Å²) in [5, 5.41) is 13.8. The van der Waals surface area contributed by atoms with Gasteiger partial charge in [0.2, 0.25) is 0 Å². The number of rotatable bonds is 4. The Morgan fingerprint density at radius 1 is 0.622 bits per heavy atom. The molecule has 1 unspecified atom stereocenters. The number of hydrogen-bond donors (Lipinski definition) is 0. The number of nitrogens with zero attached hydrogens (tertiary/aromatic N) is 3. The summed E-state index contributed by atoms with van der Waals surface area (Å²) < 4.78 is 6.43. The second-order valence-electron chi connectivity index (χ2n) is 11.5. The fraction of sp³-hybridized carbons (Fsp3) is 0.0244. The number of aliphatic imine (C=N–C) groups is 1. The van der Waals surface area contributed by atoms with Gasteiger partial charge >= 0.3 is 0 Å². The number of hydrogen-bond acceptors (Lipinski definition) is 4. The smallest absolute Gasteiger partial charge is 0.154 e. The minimum atomic E-state index is 0.0449. The topological polar surface area (TPSA) is 52.5 Å². The lowest BCUT2D eigenvalue weighted by Crippen LogP contribution is -2.38. The molecule has 1 atom stereocenters. The third kappa shape index (κ3) is 4.02. The highest BCUT2D eigenvalue weighted by Crippen LogP contribution is 2.40. The zero-order valence-electron chi connectivity index (χ0n) is 24.2. The van der Waals surface area contributed by atoms with Crippen LogP contribution in [-0.4, -0.2) is 10.7 Å². The van der Waals surface area contributed by atoms with Crippen LogP contribution >= 0.6 is 0 Å². The molecule has 0 saturated heterocycles. The summed E-state index contributed by atoms with van der Waals surface area (Å²) in [5.74, 6) is 1.02. The Hall–Kier alpha value is -6.18. The van der Waals surface area contributed by atoms with Crippen LogP contribution in [0.15, 0.2) is 155 Å². The molecule has 0 bridgehead atoms. The van der Waals surface area contributed by atoms with Crippen LogP contribution in [0.1, 0.15) is 17.3 Å². The summed E-state index contributed by atoms with van der Waals surface area (Å²) in [7, 11) is 0. The van der Waals surface area contributed by atoms with Crippen molar-refractivity contribution in [1.82, 2.24) is 4.90 Å². The third-order valence-corrected chi connectivity index (χ3v) is 8.96. The summed E-state index contributed by atoms with van der Waals surface area (Å²) in [6.45, 7) is 0. The Morgan fingerprint density at radius 3 is 2.00 bits per heavy atom. The predicted molar refractivity (Wildman–Crippen MR) is 183 cm³/mol. The summed E-state index contributed by atoms with van der Waals surface area (Å²) in [5.41, 5.74) is 10.3. The highest BCUT2D eigenvalue weighted by molar-refractivity contribution is 6.12. The van der Waals surface area contributed by atoms with Gasteiger partial charge in [-0.2, -0.15) is 5.26 Å². The lowest BCUT2D eigenvalue weighted by molar-refractivity contribution is 0.367. The average Bonchev–Trinajstić information content (AvgIpc) is 3.47. The van der Waals surface area contributed by atoms with Gasteiger partial charge in [0, 0.05) is 22.5 Å². The van der Waals surface area contributed by atoms with E-state index < -0.39 is 0 Å². The Kier molecular flexibility index (Phi) is 5.60. The molecule has 6 aromatic carbocycles. The molecule has 0 saturated carbocycles. The van der Waals surface area contributed by atoms with Gasteiger partial charge in [-0.25, -0.2) is 4.99 Å². The van der Waals surface area contributed by atoms with E-state index in [0.29, 0.717) is 5.56 Å². The standard InChI is InChI=1S/C41H25N3O/c42-25-26-13-15-28(16-14-26)33-8-5-11-36-37-24-30(21-22-38(37)45-40(33)36)32-7-4-9-34-31(6-3-10-35(32)34)27-17-19-29(20-18-27)41-43-39-12-1-2-23-44(39)41/h1-24,41H. The monoisotopic (exact) mass is 575 g/mol. The molecule has 0 spiro atoms. The largest absolute Gasteiger partial charge is 0.455 e. The molecule has 1 aromatic heterocycles. The molecule has 0 amide bonds. The van der Waals surface area contributed by atoms with E-state index in [9.17, 15) is 5.26 Å². The molecule has 0 N–H and O–H groups in total. The van der Waals surface area contributed by atoms with Crippen molar-refractivity contribution in [2.75, 3.05) is 0 Å². The number of fused-ring (bicyclic) bond motifs is 5. The van der Waals surface area contributed by atoms with Crippen LogP contribution in [0.2, 0.25) is 0 Å². The van der Waals surface area contributed by atoms with Crippen molar-refractivity contribution < 1.29 is 4.42 Å². The molecule has 0 radical (unpaired) electrons. The van der Waals surface area contributed by atoms with Gasteiger partial charge in [0.15, 0.2) is 6.17 Å². The Balaban J connectivity index is 1.11. The number of nitriles is 1. The van der Waals surface area contributed by atoms with Gasteiger partial charge in [-0.15, -0.1) is 0 Å². The van der Waals surface area contributed by atoms with E-state index in [1.807, 2.05) is 36.4 Å². The highest BCUT2D eigenvalue weighted by Gasteiger charge is 2.29. The van der Waals surface area contributed by atoms with E-state index in [1.54, 1.807) is 0 Å². The Labute approximate surface area is 260 Å². The molecule has 0 fully saturated rings. The van der Waals surface area contributed by atoms with Gasteiger partial charge in [-0.3, -0.25) is 0 Å². The predicted octanol–water partition coefficient (Wildman–Crippen LogP) is 10.4. The van der Waals surface area contributed by atoms with Gasteiger partial charge in [0.1, 0.15) is 17.0 Å². The van der Waals surface area contributed by atoms with Crippen molar-refractivity contribution in [3.8, 4) is 39.4 Å². The first kappa shape index (κ1) is 25.3. The summed E-state index contributed by atoms with van der Waals surface area (Å²) in [4.78, 5) is 6.96. The van der Waals surface area contributed by atoms with Crippen molar-refractivity contribution in [1.29, 1.82) is 5.26 Å². The summed E-state index contributed by atoms with van der Waals surface area (Å²) in [6.07, 6.45) is 8.25.